The Bertz CT molecular complexity index is 1050. The van der Waals surface area contributed by atoms with E-state index < -0.39 is 15.9 Å². The molecule has 1 saturated heterocycles. The van der Waals surface area contributed by atoms with Crippen LogP contribution in [0.15, 0.2) is 48.5 Å². The van der Waals surface area contributed by atoms with E-state index in [4.69, 9.17) is 4.74 Å². The van der Waals surface area contributed by atoms with E-state index in [0.717, 1.165) is 34.5 Å². The number of sulfonamides is 1. The number of anilines is 1. The molecule has 2 aromatic carbocycles. The van der Waals surface area contributed by atoms with Crippen LogP contribution >= 0.6 is 0 Å². The van der Waals surface area contributed by atoms with Crippen LogP contribution in [0.2, 0.25) is 0 Å². The summed E-state index contributed by atoms with van der Waals surface area (Å²) < 4.78 is 31.1. The first-order valence-electron chi connectivity index (χ1n) is 10.5. The number of aryl methyl sites for hydroxylation is 1. The first-order chi connectivity index (χ1) is 15.2. The number of nitrogens with zero attached hydrogens (tertiary/aromatic N) is 1. The maximum absolute atomic E-state index is 12.7. The molecule has 1 aliphatic rings. The van der Waals surface area contributed by atoms with Crippen LogP contribution in [0.5, 0.6) is 0 Å². The zero-order valence-electron chi connectivity index (χ0n) is 18.3. The van der Waals surface area contributed by atoms with E-state index in [1.807, 2.05) is 31.2 Å². The van der Waals surface area contributed by atoms with Crippen molar-refractivity contribution >= 4 is 27.5 Å². The standard InChI is InChI=1S/C23H29N3O5S/c1-17-9-11-18(12-10-17)15-26(32(2,29)30)16-22(27)25-21-8-4-3-7-20(21)23(28)24-14-19-6-5-13-31-19/h3-4,7-12,19H,5-6,13-16H2,1-2H3,(H,24,28)(H,25,27)/t19-/m0/s1. The SMILES string of the molecule is Cc1ccc(CN(CC(=O)Nc2ccccc2C(=O)NC[C@@H]2CCCO2)S(C)(=O)=O)cc1. The molecule has 2 amide bonds. The van der Waals surface area contributed by atoms with Crippen molar-refractivity contribution in [2.75, 3.05) is 31.3 Å². The van der Waals surface area contributed by atoms with Gasteiger partial charge in [-0.25, -0.2) is 8.42 Å². The maximum atomic E-state index is 12.7. The summed E-state index contributed by atoms with van der Waals surface area (Å²) in [6.07, 6.45) is 2.96. The summed E-state index contributed by atoms with van der Waals surface area (Å²) in [6.45, 7) is 2.76. The molecule has 1 fully saturated rings. The van der Waals surface area contributed by atoms with Gasteiger partial charge < -0.3 is 15.4 Å². The van der Waals surface area contributed by atoms with Gasteiger partial charge in [-0.3, -0.25) is 9.59 Å². The van der Waals surface area contributed by atoms with E-state index >= 15 is 0 Å². The molecule has 0 spiro atoms. The third-order valence-electron chi connectivity index (χ3n) is 5.23. The second-order valence-electron chi connectivity index (χ2n) is 7.96. The lowest BCUT2D eigenvalue weighted by Crippen LogP contribution is -2.37. The largest absolute Gasteiger partial charge is 0.376 e. The van der Waals surface area contributed by atoms with Crippen molar-refractivity contribution in [2.45, 2.75) is 32.4 Å². The van der Waals surface area contributed by atoms with Crippen LogP contribution in [0.25, 0.3) is 0 Å². The van der Waals surface area contributed by atoms with E-state index in [-0.39, 0.29) is 25.1 Å². The molecule has 0 bridgehead atoms. The summed E-state index contributed by atoms with van der Waals surface area (Å²) >= 11 is 0. The number of nitrogens with one attached hydrogen (secondary N) is 2. The Balaban J connectivity index is 1.65. The quantitative estimate of drug-likeness (QED) is 0.599. The number of hydrogen-bond donors (Lipinski definition) is 2. The van der Waals surface area contributed by atoms with Gasteiger partial charge in [-0.1, -0.05) is 42.0 Å². The third kappa shape index (κ3) is 6.88. The second-order valence-corrected chi connectivity index (χ2v) is 9.94. The first-order valence-corrected chi connectivity index (χ1v) is 12.4. The molecule has 1 heterocycles. The molecule has 8 nitrogen and oxygen atoms in total. The Kier molecular flexibility index (Phi) is 8.00. The first kappa shape index (κ1) is 23.9. The minimum absolute atomic E-state index is 0.00537. The molecule has 1 atom stereocenters. The van der Waals surface area contributed by atoms with Gasteiger partial charge in [0.2, 0.25) is 15.9 Å². The van der Waals surface area contributed by atoms with Crippen molar-refractivity contribution in [3.63, 3.8) is 0 Å². The van der Waals surface area contributed by atoms with Crippen molar-refractivity contribution in [1.82, 2.24) is 9.62 Å². The molecule has 0 aromatic heterocycles. The Hall–Kier alpha value is -2.75. The fraction of sp³-hybridized carbons (Fsp3) is 0.391. The fourth-order valence-corrected chi connectivity index (χ4v) is 4.17. The highest BCUT2D eigenvalue weighted by atomic mass is 32.2. The summed E-state index contributed by atoms with van der Waals surface area (Å²) in [5.41, 5.74) is 2.48. The average molecular weight is 460 g/mol. The Morgan fingerprint density at radius 3 is 2.50 bits per heavy atom. The van der Waals surface area contributed by atoms with Gasteiger partial charge in [0.1, 0.15) is 0 Å². The van der Waals surface area contributed by atoms with Crippen molar-refractivity contribution in [3.05, 3.63) is 65.2 Å². The lowest BCUT2D eigenvalue weighted by molar-refractivity contribution is -0.116. The number of benzene rings is 2. The molecule has 3 rings (SSSR count). The molecule has 2 aromatic rings. The number of carbonyl (C=O) groups excluding carboxylic acids is 2. The normalized spacial score (nSPS) is 16.2. The monoisotopic (exact) mass is 459 g/mol. The lowest BCUT2D eigenvalue weighted by atomic mass is 10.1. The summed E-state index contributed by atoms with van der Waals surface area (Å²) in [5, 5.41) is 5.51. The molecule has 0 radical (unpaired) electrons. The maximum Gasteiger partial charge on any atom is 0.253 e. The molecule has 0 aliphatic carbocycles. The second kappa shape index (κ2) is 10.7. The summed E-state index contributed by atoms with van der Waals surface area (Å²) in [7, 11) is -3.63. The van der Waals surface area contributed by atoms with E-state index in [9.17, 15) is 18.0 Å². The highest BCUT2D eigenvalue weighted by Gasteiger charge is 2.22. The predicted molar refractivity (Wildman–Crippen MR) is 123 cm³/mol. The Morgan fingerprint density at radius 1 is 1.12 bits per heavy atom. The minimum Gasteiger partial charge on any atom is -0.376 e. The minimum atomic E-state index is -3.63. The van der Waals surface area contributed by atoms with Gasteiger partial charge in [-0.05, 0) is 37.5 Å². The van der Waals surface area contributed by atoms with Gasteiger partial charge in [-0.15, -0.1) is 0 Å². The van der Waals surface area contributed by atoms with E-state index in [1.165, 1.54) is 0 Å². The van der Waals surface area contributed by atoms with E-state index in [1.54, 1.807) is 24.3 Å². The highest BCUT2D eigenvalue weighted by Crippen LogP contribution is 2.17. The van der Waals surface area contributed by atoms with Gasteiger partial charge in [0.25, 0.3) is 5.91 Å². The molecule has 2 N–H and O–H groups in total. The number of ether oxygens (including phenoxy) is 1. The molecular formula is C23H29N3O5S. The molecule has 0 saturated carbocycles. The number of amides is 2. The van der Waals surface area contributed by atoms with Crippen LogP contribution in [0, 0.1) is 6.92 Å². The Morgan fingerprint density at radius 2 is 1.84 bits per heavy atom. The molecule has 1 aliphatic heterocycles. The number of rotatable bonds is 9. The van der Waals surface area contributed by atoms with Crippen molar-refractivity contribution in [2.24, 2.45) is 0 Å². The van der Waals surface area contributed by atoms with Crippen molar-refractivity contribution in [3.8, 4) is 0 Å². The number of para-hydroxylation sites is 1. The molecular weight excluding hydrogens is 430 g/mol. The van der Waals surface area contributed by atoms with Gasteiger partial charge >= 0.3 is 0 Å². The van der Waals surface area contributed by atoms with Crippen LogP contribution in [0.1, 0.15) is 34.3 Å². The smallest absolute Gasteiger partial charge is 0.253 e. The zero-order chi connectivity index (χ0) is 23.1. The highest BCUT2D eigenvalue weighted by molar-refractivity contribution is 7.88. The predicted octanol–water partition coefficient (Wildman–Crippen LogP) is 2.30. The lowest BCUT2D eigenvalue weighted by Gasteiger charge is -2.20. The summed E-state index contributed by atoms with van der Waals surface area (Å²) in [6, 6.07) is 14.1. The van der Waals surface area contributed by atoms with Crippen molar-refractivity contribution in [1.29, 1.82) is 0 Å². The topological polar surface area (TPSA) is 105 Å². The van der Waals surface area contributed by atoms with E-state index in [0.29, 0.717) is 24.4 Å². The van der Waals surface area contributed by atoms with Crippen LogP contribution in [-0.4, -0.2) is 56.6 Å². The fourth-order valence-electron chi connectivity index (χ4n) is 3.43. The summed E-state index contributed by atoms with van der Waals surface area (Å²) in [5.74, 6) is -0.849. The molecule has 172 valence electrons. The van der Waals surface area contributed by atoms with Gasteiger partial charge in [0.05, 0.1) is 30.2 Å². The average Bonchev–Trinajstić information content (AvgIpc) is 3.26. The third-order valence-corrected chi connectivity index (χ3v) is 6.42. The van der Waals surface area contributed by atoms with Gasteiger partial charge in [-0.2, -0.15) is 4.31 Å². The Labute approximate surface area is 189 Å². The number of carbonyl (C=O) groups is 2. The van der Waals surface area contributed by atoms with Crippen LogP contribution in [0.3, 0.4) is 0 Å². The van der Waals surface area contributed by atoms with Gasteiger partial charge in [0.15, 0.2) is 0 Å². The molecule has 9 heteroatoms. The van der Waals surface area contributed by atoms with Crippen LogP contribution < -0.4 is 10.6 Å². The molecule has 32 heavy (non-hydrogen) atoms. The molecule has 0 unspecified atom stereocenters. The van der Waals surface area contributed by atoms with Gasteiger partial charge in [0, 0.05) is 19.7 Å². The van der Waals surface area contributed by atoms with Crippen LogP contribution in [0.4, 0.5) is 5.69 Å². The van der Waals surface area contributed by atoms with Crippen molar-refractivity contribution < 1.29 is 22.7 Å². The number of hydrogen-bond acceptors (Lipinski definition) is 5. The van der Waals surface area contributed by atoms with Crippen LogP contribution in [-0.2, 0) is 26.1 Å². The summed E-state index contributed by atoms with van der Waals surface area (Å²) in [4.78, 5) is 25.3. The van der Waals surface area contributed by atoms with E-state index in [2.05, 4.69) is 10.6 Å². The zero-order valence-corrected chi connectivity index (χ0v) is 19.2.